The van der Waals surface area contributed by atoms with Crippen LogP contribution < -0.4 is 5.32 Å². The quantitative estimate of drug-likeness (QED) is 0.236. The van der Waals surface area contributed by atoms with E-state index >= 15 is 0 Å². The number of rotatable bonds is 8. The van der Waals surface area contributed by atoms with Crippen LogP contribution in [-0.2, 0) is 28.5 Å². The summed E-state index contributed by atoms with van der Waals surface area (Å²) in [5, 5.41) is 46.7. The molecule has 3 aliphatic heterocycles. The number of ether oxygens (including phenoxy) is 5. The van der Waals surface area contributed by atoms with Gasteiger partial charge in [-0.3, -0.25) is 4.79 Å². The Balaban J connectivity index is 1.15. The Morgan fingerprint density at radius 3 is 2.30 bits per heavy atom. The lowest BCUT2D eigenvalue weighted by molar-refractivity contribution is -0.316. The normalized spacial score (nSPS) is 48.2. The van der Waals surface area contributed by atoms with Crippen molar-refractivity contribution >= 4 is 5.91 Å². The molecule has 286 valence electrons. The molecule has 0 aromatic heterocycles. The Hall–Kier alpha value is -1.15. The third-order valence-electron chi connectivity index (χ3n) is 14.1. The first-order chi connectivity index (χ1) is 23.2. The van der Waals surface area contributed by atoms with Crippen LogP contribution in [0.4, 0.5) is 0 Å². The number of carbonyl (C=O) groups is 1. The molecule has 3 saturated heterocycles. The van der Waals surface area contributed by atoms with Gasteiger partial charge in [0.1, 0.15) is 24.4 Å². The molecule has 5 N–H and O–H groups in total. The number of allylic oxidation sites excluding steroid dienone is 1. The van der Waals surface area contributed by atoms with Crippen LogP contribution in [0.2, 0.25) is 0 Å². The Kier molecular flexibility index (Phi) is 10.5. The summed E-state index contributed by atoms with van der Waals surface area (Å²) >= 11 is 0. The molecule has 6 rings (SSSR count). The Labute approximate surface area is 298 Å². The summed E-state index contributed by atoms with van der Waals surface area (Å²) in [6.45, 7) is 16.0. The molecular weight excluding hydrogens is 642 g/mol. The van der Waals surface area contributed by atoms with E-state index in [2.05, 4.69) is 32.2 Å². The predicted octanol–water partition coefficient (Wildman–Crippen LogP) is 3.78. The highest BCUT2D eigenvalue weighted by Gasteiger charge is 2.65. The second-order valence-corrected chi connectivity index (χ2v) is 18.5. The summed E-state index contributed by atoms with van der Waals surface area (Å²) in [5.74, 6) is 0.485. The third-order valence-corrected chi connectivity index (χ3v) is 14.1. The zero-order valence-electron chi connectivity index (χ0n) is 31.8. The van der Waals surface area contributed by atoms with E-state index in [0.29, 0.717) is 18.3 Å². The number of hydrogen-bond donors (Lipinski definition) is 5. The average Bonchev–Trinajstić information content (AvgIpc) is 3.37. The van der Waals surface area contributed by atoms with Crippen molar-refractivity contribution in [1.29, 1.82) is 0 Å². The number of methoxy groups -OCH3 is 1. The monoisotopic (exact) mass is 707 g/mol. The van der Waals surface area contributed by atoms with Crippen molar-refractivity contribution in [2.45, 2.75) is 186 Å². The number of hydrogen-bond acceptors (Lipinski definition) is 10. The maximum Gasteiger partial charge on any atom is 0.217 e. The minimum atomic E-state index is -1.29. The van der Waals surface area contributed by atoms with Crippen LogP contribution in [0.15, 0.2) is 11.6 Å². The van der Waals surface area contributed by atoms with Crippen LogP contribution in [0.25, 0.3) is 0 Å². The average molecular weight is 708 g/mol. The van der Waals surface area contributed by atoms with E-state index < -0.39 is 47.9 Å². The first kappa shape index (κ1) is 38.6. The number of fused-ring (bicyclic) bond motifs is 4. The lowest BCUT2D eigenvalue weighted by Crippen LogP contribution is -2.66. The minimum absolute atomic E-state index is 0.00862. The second-order valence-electron chi connectivity index (χ2n) is 18.5. The van der Waals surface area contributed by atoms with E-state index in [9.17, 15) is 25.2 Å². The smallest absolute Gasteiger partial charge is 0.217 e. The van der Waals surface area contributed by atoms with Gasteiger partial charge in [-0.15, -0.1) is 0 Å². The van der Waals surface area contributed by atoms with E-state index in [1.54, 1.807) is 0 Å². The number of aliphatic hydroxyl groups is 4. The summed E-state index contributed by atoms with van der Waals surface area (Å²) in [7, 11) is 1.50. The fourth-order valence-corrected chi connectivity index (χ4v) is 11.4. The Morgan fingerprint density at radius 2 is 1.64 bits per heavy atom. The Bertz CT molecular complexity index is 1280. The molecule has 6 aliphatic rings. The molecule has 0 bridgehead atoms. The van der Waals surface area contributed by atoms with Gasteiger partial charge < -0.3 is 49.4 Å². The largest absolute Gasteiger partial charge is 0.390 e. The molecule has 0 aromatic carbocycles. The standard InChI is InChI=1S/C39H65NO10/c1-21(41)40-30-32(44)31(43)25(20-46-9)47-34(30)50-36(4,5)28-14-16-37(6)18-22(10-13-29(37)48-28)23-11-12-26-38(7)17-15-27(35(2,3)45)49-33(38)24(42)19-39(23,26)8/h18,23-34,42-45H,10-17,19-20H2,1-9H3,(H,40,41)/t23-,24-,25-,26-,27-,28-,29-,30+,31-,32-,33-,34+,37+,38-,39+/m0/s1. The van der Waals surface area contributed by atoms with Crippen molar-refractivity contribution < 1.29 is 48.9 Å². The number of aliphatic hydroxyl groups excluding tert-OH is 3. The maximum absolute atomic E-state index is 12.0. The fourth-order valence-electron chi connectivity index (χ4n) is 11.4. The highest BCUT2D eigenvalue weighted by Crippen LogP contribution is 2.67. The van der Waals surface area contributed by atoms with E-state index in [0.717, 1.165) is 51.4 Å². The first-order valence-electron chi connectivity index (χ1n) is 19.1. The van der Waals surface area contributed by atoms with Gasteiger partial charge in [-0.1, -0.05) is 32.4 Å². The van der Waals surface area contributed by atoms with Crippen molar-refractivity contribution in [3.8, 4) is 0 Å². The molecule has 11 nitrogen and oxygen atoms in total. The SMILES string of the molecule is COC[C@@H]1O[C@H](OC(C)(C)[C@@H]2CC[C@]3(C)C=C([C@@H]4CC[C@@H]5[C@]4(C)C[C@H](O)[C@@H]4O[C@H](C(C)(C)O)CC[C@@]54C)CC[C@@H]3O2)[C@H](NC(C)=O)[C@H](O)[C@H]1O. The summed E-state index contributed by atoms with van der Waals surface area (Å²) in [6.07, 6.45) is 5.08. The highest BCUT2D eigenvalue weighted by molar-refractivity contribution is 5.73. The highest BCUT2D eigenvalue weighted by atomic mass is 16.7. The van der Waals surface area contributed by atoms with E-state index in [4.69, 9.17) is 23.7 Å². The van der Waals surface area contributed by atoms with Gasteiger partial charge in [0, 0.05) is 19.4 Å². The van der Waals surface area contributed by atoms with Crippen LogP contribution in [-0.4, -0.2) is 112 Å². The molecule has 50 heavy (non-hydrogen) atoms. The van der Waals surface area contributed by atoms with Gasteiger partial charge in [-0.05, 0) is 108 Å². The molecule has 11 heteroatoms. The molecule has 3 aliphatic carbocycles. The molecule has 5 fully saturated rings. The molecular formula is C39H65NO10. The predicted molar refractivity (Wildman–Crippen MR) is 186 cm³/mol. The minimum Gasteiger partial charge on any atom is -0.390 e. The van der Waals surface area contributed by atoms with Gasteiger partial charge >= 0.3 is 0 Å². The molecule has 0 spiro atoms. The maximum atomic E-state index is 12.0. The molecule has 1 amide bonds. The lowest BCUT2D eigenvalue weighted by Gasteiger charge is -2.60. The zero-order chi connectivity index (χ0) is 36.6. The molecule has 0 aromatic rings. The van der Waals surface area contributed by atoms with Crippen LogP contribution in [0.3, 0.4) is 0 Å². The molecule has 15 atom stereocenters. The van der Waals surface area contributed by atoms with Gasteiger partial charge in [0.2, 0.25) is 5.91 Å². The van der Waals surface area contributed by atoms with Crippen molar-refractivity contribution in [3.63, 3.8) is 0 Å². The topological polar surface area (TPSA) is 156 Å². The zero-order valence-corrected chi connectivity index (χ0v) is 31.8. The van der Waals surface area contributed by atoms with Crippen molar-refractivity contribution in [2.24, 2.45) is 28.1 Å². The van der Waals surface area contributed by atoms with Crippen LogP contribution in [0.5, 0.6) is 0 Å². The van der Waals surface area contributed by atoms with Gasteiger partial charge in [0.15, 0.2) is 6.29 Å². The summed E-state index contributed by atoms with van der Waals surface area (Å²) < 4.78 is 31.3. The van der Waals surface area contributed by atoms with Crippen LogP contribution in [0.1, 0.15) is 113 Å². The van der Waals surface area contributed by atoms with Crippen LogP contribution >= 0.6 is 0 Å². The van der Waals surface area contributed by atoms with Crippen molar-refractivity contribution in [2.75, 3.05) is 13.7 Å². The van der Waals surface area contributed by atoms with Crippen LogP contribution in [0, 0.1) is 28.1 Å². The number of carbonyl (C=O) groups excluding carboxylic acids is 1. The molecule has 3 heterocycles. The van der Waals surface area contributed by atoms with Gasteiger partial charge in [0.25, 0.3) is 0 Å². The summed E-state index contributed by atoms with van der Waals surface area (Å²) in [5.41, 5.74) is -0.532. The van der Waals surface area contributed by atoms with E-state index in [-0.39, 0.29) is 53.2 Å². The lowest BCUT2D eigenvalue weighted by atomic mass is 9.50. The van der Waals surface area contributed by atoms with Gasteiger partial charge in [-0.2, -0.15) is 0 Å². The van der Waals surface area contributed by atoms with E-state index in [1.807, 2.05) is 27.7 Å². The molecule has 2 saturated carbocycles. The van der Waals surface area contributed by atoms with E-state index in [1.165, 1.54) is 19.6 Å². The van der Waals surface area contributed by atoms with Gasteiger partial charge in [-0.25, -0.2) is 0 Å². The number of amides is 1. The molecule has 0 radical (unpaired) electrons. The summed E-state index contributed by atoms with van der Waals surface area (Å²) in [6, 6.07) is -0.959. The van der Waals surface area contributed by atoms with Crippen molar-refractivity contribution in [3.05, 3.63) is 11.6 Å². The second kappa shape index (κ2) is 13.6. The summed E-state index contributed by atoms with van der Waals surface area (Å²) in [4.78, 5) is 12.0. The fraction of sp³-hybridized carbons (Fsp3) is 0.923. The van der Waals surface area contributed by atoms with Gasteiger partial charge in [0.05, 0.1) is 48.3 Å². The third kappa shape index (κ3) is 6.74. The first-order valence-corrected chi connectivity index (χ1v) is 19.1. The Morgan fingerprint density at radius 1 is 0.940 bits per heavy atom. The molecule has 0 unspecified atom stereocenters. The number of nitrogens with one attached hydrogen (secondary N) is 1. The van der Waals surface area contributed by atoms with Crippen molar-refractivity contribution in [1.82, 2.24) is 5.32 Å².